The third kappa shape index (κ3) is 32.0. The number of hydrazone groups is 1. The Morgan fingerprint density at radius 2 is 0.803 bits per heavy atom. The maximum absolute atomic E-state index is 11.9. The predicted octanol–water partition coefficient (Wildman–Crippen LogP) is 6.38. The lowest BCUT2D eigenvalue weighted by Crippen LogP contribution is -2.32. The summed E-state index contributed by atoms with van der Waals surface area (Å²) in [5.41, 5.74) is 35.4. The molecule has 0 spiro atoms. The number of carboxylic acids is 4. The summed E-state index contributed by atoms with van der Waals surface area (Å²) < 4.78 is 5.51. The van der Waals surface area contributed by atoms with E-state index < -0.39 is 48.0 Å². The van der Waals surface area contributed by atoms with E-state index >= 15 is 0 Å². The third-order valence-corrected chi connectivity index (χ3v) is 10.5. The van der Waals surface area contributed by atoms with Gasteiger partial charge in [-0.1, -0.05) is 84.9 Å². The minimum atomic E-state index is -1.03. The van der Waals surface area contributed by atoms with Gasteiger partial charge in [-0.3, -0.25) is 38.9 Å². The first-order valence-corrected chi connectivity index (χ1v) is 25.0. The Bertz CT molecular complexity index is 2410. The maximum Gasteiger partial charge on any atom is 0.320 e. The van der Waals surface area contributed by atoms with E-state index in [1.54, 1.807) is 24.3 Å². The normalized spacial score (nSPS) is 11.8. The van der Waals surface area contributed by atoms with E-state index in [1.807, 2.05) is 128 Å². The number of hydrogen-bond acceptors (Lipinski definition) is 15. The fourth-order valence-electron chi connectivity index (χ4n) is 6.38. The number of ether oxygens (including phenoxy) is 1. The van der Waals surface area contributed by atoms with E-state index in [-0.39, 0.29) is 12.2 Å². The molecule has 0 bridgehead atoms. The summed E-state index contributed by atoms with van der Waals surface area (Å²) in [5, 5.41) is 39.0. The van der Waals surface area contributed by atoms with Crippen LogP contribution in [0.1, 0.15) is 112 Å². The summed E-state index contributed by atoms with van der Waals surface area (Å²) in [4.78, 5) is 67.2. The number of Topliss-reactive ketones (excluding diaryl/α,β-unsaturated/α-hetero) is 1. The number of benzene rings is 4. The second kappa shape index (κ2) is 37.3. The van der Waals surface area contributed by atoms with Crippen molar-refractivity contribution < 1.29 is 49.1 Å². The van der Waals surface area contributed by atoms with Crippen LogP contribution < -0.4 is 33.1 Å². The molecule has 0 fully saturated rings. The number of carbonyl (C=O) groups is 5. The first-order valence-electron chi connectivity index (χ1n) is 25.0. The highest BCUT2D eigenvalue weighted by molar-refractivity contribution is 5.96. The van der Waals surface area contributed by atoms with Gasteiger partial charge in [-0.15, -0.1) is 0 Å². The van der Waals surface area contributed by atoms with Crippen molar-refractivity contribution >= 4 is 52.5 Å². The highest BCUT2D eigenvalue weighted by atomic mass is 16.5. The molecule has 0 aromatic heterocycles. The number of nitrogens with two attached hydrogens (primary N) is 4. The summed E-state index contributed by atoms with van der Waals surface area (Å²) in [7, 11) is 0. The topological polar surface area (TPSA) is 341 Å². The van der Waals surface area contributed by atoms with Crippen molar-refractivity contribution in [2.75, 3.05) is 26.2 Å². The fourth-order valence-corrected chi connectivity index (χ4v) is 6.38. The van der Waals surface area contributed by atoms with Crippen LogP contribution in [0.3, 0.4) is 0 Å². The van der Waals surface area contributed by atoms with Crippen molar-refractivity contribution in [3.63, 3.8) is 0 Å². The highest BCUT2D eigenvalue weighted by Gasteiger charge is 2.15. The molecule has 0 aliphatic rings. The Labute approximate surface area is 447 Å². The van der Waals surface area contributed by atoms with Crippen LogP contribution >= 0.6 is 0 Å². The number of carbonyl (C=O) groups excluding carboxylic acids is 1. The van der Waals surface area contributed by atoms with Gasteiger partial charge in [0.15, 0.2) is 5.78 Å². The summed E-state index contributed by atoms with van der Waals surface area (Å²) in [6, 6.07) is 26.3. The van der Waals surface area contributed by atoms with Crippen LogP contribution in [-0.2, 0) is 57.8 Å². The molecule has 0 radical (unpaired) electrons. The maximum atomic E-state index is 11.9. The Balaban J connectivity index is 0.000000507. The van der Waals surface area contributed by atoms with Crippen LogP contribution in [0.5, 0.6) is 5.75 Å². The van der Waals surface area contributed by atoms with E-state index in [0.29, 0.717) is 57.5 Å². The van der Waals surface area contributed by atoms with Gasteiger partial charge in [-0.2, -0.15) is 5.10 Å². The zero-order valence-corrected chi connectivity index (χ0v) is 45.4. The van der Waals surface area contributed by atoms with Crippen LogP contribution in [0.2, 0.25) is 0 Å². The Hall–Kier alpha value is -7.45. The zero-order chi connectivity index (χ0) is 57.2. The first-order chi connectivity index (χ1) is 35.9. The lowest BCUT2D eigenvalue weighted by Gasteiger charge is -2.08. The van der Waals surface area contributed by atoms with Crippen molar-refractivity contribution in [2.45, 2.75) is 131 Å². The molecule has 0 amide bonds. The summed E-state index contributed by atoms with van der Waals surface area (Å²) in [6.07, 6.45) is 3.67. The van der Waals surface area contributed by atoms with Gasteiger partial charge in [0.1, 0.15) is 36.5 Å². The Morgan fingerprint density at radius 1 is 0.461 bits per heavy atom. The lowest BCUT2D eigenvalue weighted by molar-refractivity contribution is -0.139. The van der Waals surface area contributed by atoms with E-state index in [1.165, 1.54) is 5.56 Å². The van der Waals surface area contributed by atoms with Gasteiger partial charge in [0.05, 0.1) is 13.1 Å². The Kier molecular flexibility index (Phi) is 32.7. The highest BCUT2D eigenvalue weighted by Crippen LogP contribution is 2.14. The molecular formula is C57H81N9O10. The van der Waals surface area contributed by atoms with Gasteiger partial charge in [-0.25, -0.2) is 0 Å². The molecule has 0 aliphatic carbocycles. The molecule has 4 aromatic rings. The fraction of sp³-hybridized carbons (Fsp3) is 0.421. The molecule has 4 rings (SSSR count). The summed E-state index contributed by atoms with van der Waals surface area (Å²) >= 11 is 0. The second-order valence-corrected chi connectivity index (χ2v) is 18.6. The van der Waals surface area contributed by atoms with Crippen molar-refractivity contribution in [3.8, 4) is 5.75 Å². The number of aliphatic imine (C=N–C) groups is 3. The van der Waals surface area contributed by atoms with Gasteiger partial charge in [0, 0.05) is 47.9 Å². The quantitative estimate of drug-likeness (QED) is 0.0135. The van der Waals surface area contributed by atoms with Crippen LogP contribution in [0.4, 0.5) is 0 Å². The van der Waals surface area contributed by atoms with E-state index in [9.17, 15) is 24.0 Å². The SMILES string of the molecule is CC(C)=NCCC(=O)c1ccc(CC(N)C(=O)O)cc1.CC(C)=NCCCc1ccc(CC(N)C(=O)O)cc1.CC(C)=NCCOc1ccc(CC(N)C(=O)O)cc1.CC(C)=NNCc1ccc(CC(N)C(=O)O)cc1. The number of nitrogens with one attached hydrogen (secondary N) is 1. The molecule has 13 N–H and O–H groups in total. The molecule has 0 saturated heterocycles. The van der Waals surface area contributed by atoms with Crippen LogP contribution in [0.15, 0.2) is 117 Å². The number of ketones is 1. The second-order valence-electron chi connectivity index (χ2n) is 18.6. The van der Waals surface area contributed by atoms with Crippen LogP contribution in [0, 0.1) is 0 Å². The average molecular weight is 1050 g/mol. The molecule has 0 saturated carbocycles. The zero-order valence-electron chi connectivity index (χ0n) is 45.4. The molecule has 4 atom stereocenters. The predicted molar refractivity (Wildman–Crippen MR) is 302 cm³/mol. The van der Waals surface area contributed by atoms with E-state index in [0.717, 1.165) is 75.8 Å². The van der Waals surface area contributed by atoms with Gasteiger partial charge >= 0.3 is 23.9 Å². The number of nitrogens with zero attached hydrogens (tertiary/aromatic N) is 4. The molecule has 76 heavy (non-hydrogen) atoms. The molecule has 19 heteroatoms. The molecule has 4 aromatic carbocycles. The molecule has 0 heterocycles. The van der Waals surface area contributed by atoms with Gasteiger partial charge in [0.25, 0.3) is 0 Å². The van der Waals surface area contributed by atoms with E-state index in [2.05, 4.69) is 25.5 Å². The minimum Gasteiger partial charge on any atom is -0.492 e. The molecule has 414 valence electrons. The lowest BCUT2D eigenvalue weighted by atomic mass is 10.0. The van der Waals surface area contributed by atoms with E-state index in [4.69, 9.17) is 48.1 Å². The summed E-state index contributed by atoms with van der Waals surface area (Å²) in [6.45, 7) is 18.7. The average Bonchev–Trinajstić information content (AvgIpc) is 3.36. The van der Waals surface area contributed by atoms with Gasteiger partial charge in [-0.05, 0) is 139 Å². The number of hydrogen-bond donors (Lipinski definition) is 9. The molecular weight excluding hydrogens is 971 g/mol. The van der Waals surface area contributed by atoms with Crippen molar-refractivity contribution in [2.24, 2.45) is 43.0 Å². The Morgan fingerprint density at radius 3 is 1.18 bits per heavy atom. The third-order valence-electron chi connectivity index (χ3n) is 10.5. The molecule has 0 aliphatic heterocycles. The largest absolute Gasteiger partial charge is 0.492 e. The number of carboxylic acid groups (broad SMARTS) is 4. The van der Waals surface area contributed by atoms with Gasteiger partial charge < -0.3 is 53.5 Å². The van der Waals surface area contributed by atoms with Crippen molar-refractivity contribution in [1.29, 1.82) is 0 Å². The van der Waals surface area contributed by atoms with Crippen molar-refractivity contribution in [3.05, 3.63) is 136 Å². The number of rotatable bonds is 27. The molecule has 19 nitrogen and oxygen atoms in total. The van der Waals surface area contributed by atoms with Gasteiger partial charge in [0.2, 0.25) is 0 Å². The van der Waals surface area contributed by atoms with Crippen molar-refractivity contribution in [1.82, 2.24) is 5.43 Å². The number of aliphatic carboxylic acids is 4. The monoisotopic (exact) mass is 1050 g/mol. The first kappa shape index (κ1) is 66.6. The minimum absolute atomic E-state index is 0.0316. The summed E-state index contributed by atoms with van der Waals surface area (Å²) in [5.74, 6) is -3.18. The standard InChI is InChI=1S/C15H20N2O3.C15H22N2O2.C14H20N2O3.C13H19N3O2/c1-10(2)17-8-7-14(18)12-5-3-11(4-6-12)9-13(16)15(19)20;1-11(2)17-9-3-4-12-5-7-13(8-6-12)10-14(16)15(18)19;1-10(2)16-7-8-19-12-5-3-11(4-6-12)9-13(15)14(17)18;1-9(2)16-15-8-11-5-3-10(4-6-11)7-12(14)13(17)18/h3-6,13H,7-9,16H2,1-2H3,(H,19,20);5-8,14H,3-4,9-10,16H2,1-2H3,(H,18,19);3-6,13H,7-9,15H2,1-2H3,(H,17,18);3-6,12,15H,7-8,14H2,1-2H3,(H,17,18). The number of aryl methyl sites for hydroxylation is 1. The van der Waals surface area contributed by atoms with Crippen LogP contribution in [-0.4, -0.2) is 123 Å². The molecule has 4 unspecified atom stereocenters. The van der Waals surface area contributed by atoms with Crippen LogP contribution in [0.25, 0.3) is 0 Å². The smallest absolute Gasteiger partial charge is 0.320 e.